The highest BCUT2D eigenvalue weighted by atomic mass is 32.2. The second kappa shape index (κ2) is 4.84. The van der Waals surface area contributed by atoms with Gasteiger partial charge >= 0.3 is 0 Å². The van der Waals surface area contributed by atoms with E-state index in [0.717, 1.165) is 6.42 Å². The van der Waals surface area contributed by atoms with Crippen LogP contribution in [-0.4, -0.2) is 50.9 Å². The van der Waals surface area contributed by atoms with Crippen LogP contribution in [0.1, 0.15) is 26.2 Å². The van der Waals surface area contributed by atoms with Gasteiger partial charge in [0.05, 0.1) is 22.7 Å². The SMILES string of the molecule is CC(CN)S(=O)(=O)C1CCOC2(CCOC2)C1. The van der Waals surface area contributed by atoms with E-state index in [1.165, 1.54) is 0 Å². The molecule has 0 aromatic rings. The molecule has 100 valence electrons. The monoisotopic (exact) mass is 263 g/mol. The molecule has 2 rings (SSSR count). The Morgan fingerprint density at radius 3 is 2.82 bits per heavy atom. The minimum absolute atomic E-state index is 0.184. The normalized spacial score (nSPS) is 36.2. The van der Waals surface area contributed by atoms with E-state index in [2.05, 4.69) is 0 Å². The maximum absolute atomic E-state index is 12.3. The number of hydrogen-bond acceptors (Lipinski definition) is 5. The van der Waals surface area contributed by atoms with Crippen LogP contribution in [0.4, 0.5) is 0 Å². The molecule has 2 N–H and O–H groups in total. The summed E-state index contributed by atoms with van der Waals surface area (Å²) in [5.74, 6) is 0. The Kier molecular flexibility index (Phi) is 3.77. The molecule has 3 atom stereocenters. The molecule has 5 nitrogen and oxygen atoms in total. The number of ether oxygens (including phenoxy) is 2. The summed E-state index contributed by atoms with van der Waals surface area (Å²) in [4.78, 5) is 0. The van der Waals surface area contributed by atoms with Gasteiger partial charge in [0, 0.05) is 26.2 Å². The van der Waals surface area contributed by atoms with Crippen LogP contribution in [0.2, 0.25) is 0 Å². The van der Waals surface area contributed by atoms with Crippen molar-refractivity contribution in [2.45, 2.75) is 42.3 Å². The van der Waals surface area contributed by atoms with E-state index in [1.807, 2.05) is 0 Å². The van der Waals surface area contributed by atoms with E-state index >= 15 is 0 Å². The van der Waals surface area contributed by atoms with Gasteiger partial charge in [0.25, 0.3) is 0 Å². The predicted molar refractivity (Wildman–Crippen MR) is 64.6 cm³/mol. The quantitative estimate of drug-likeness (QED) is 0.780. The third-order valence-electron chi connectivity index (χ3n) is 3.87. The third-order valence-corrected chi connectivity index (χ3v) is 6.52. The first kappa shape index (κ1) is 13.3. The number of rotatable bonds is 3. The van der Waals surface area contributed by atoms with Crippen molar-refractivity contribution in [3.05, 3.63) is 0 Å². The molecule has 1 spiro atoms. The number of hydrogen-bond donors (Lipinski definition) is 1. The summed E-state index contributed by atoms with van der Waals surface area (Å²) in [6.07, 6.45) is 1.93. The lowest BCUT2D eigenvalue weighted by Crippen LogP contribution is -2.47. The fraction of sp³-hybridized carbons (Fsp3) is 1.00. The molecule has 6 heteroatoms. The van der Waals surface area contributed by atoms with Gasteiger partial charge in [-0.1, -0.05) is 0 Å². The molecule has 0 aliphatic carbocycles. The lowest BCUT2D eigenvalue weighted by atomic mass is 9.93. The molecule has 0 saturated carbocycles. The van der Waals surface area contributed by atoms with Crippen molar-refractivity contribution in [3.63, 3.8) is 0 Å². The largest absolute Gasteiger partial charge is 0.378 e. The Morgan fingerprint density at radius 2 is 2.24 bits per heavy atom. The molecule has 2 aliphatic rings. The molecule has 0 aromatic carbocycles. The summed E-state index contributed by atoms with van der Waals surface area (Å²) in [7, 11) is -3.14. The van der Waals surface area contributed by atoms with E-state index in [-0.39, 0.29) is 17.4 Å². The van der Waals surface area contributed by atoms with Gasteiger partial charge in [-0.3, -0.25) is 0 Å². The van der Waals surface area contributed by atoms with Crippen molar-refractivity contribution in [2.24, 2.45) is 5.73 Å². The second-order valence-electron chi connectivity index (χ2n) is 5.08. The first-order valence-electron chi connectivity index (χ1n) is 6.15. The highest BCUT2D eigenvalue weighted by molar-refractivity contribution is 7.92. The number of sulfone groups is 1. The summed E-state index contributed by atoms with van der Waals surface area (Å²) in [5, 5.41) is -0.790. The zero-order valence-corrected chi connectivity index (χ0v) is 11.0. The van der Waals surface area contributed by atoms with Crippen molar-refractivity contribution in [3.8, 4) is 0 Å². The van der Waals surface area contributed by atoms with Gasteiger partial charge in [0.2, 0.25) is 0 Å². The Labute approximate surface area is 103 Å². The van der Waals surface area contributed by atoms with E-state index in [0.29, 0.717) is 32.7 Å². The van der Waals surface area contributed by atoms with Gasteiger partial charge in [-0.05, 0) is 19.8 Å². The van der Waals surface area contributed by atoms with Crippen LogP contribution in [0, 0.1) is 0 Å². The Bertz CT molecular complexity index is 362. The lowest BCUT2D eigenvalue weighted by Gasteiger charge is -2.37. The first-order chi connectivity index (χ1) is 8.00. The molecule has 2 saturated heterocycles. The molecule has 0 aromatic heterocycles. The maximum atomic E-state index is 12.3. The van der Waals surface area contributed by atoms with Crippen LogP contribution in [0.15, 0.2) is 0 Å². The maximum Gasteiger partial charge on any atom is 0.157 e. The van der Waals surface area contributed by atoms with Crippen LogP contribution in [-0.2, 0) is 19.3 Å². The van der Waals surface area contributed by atoms with E-state index < -0.39 is 15.1 Å². The summed E-state index contributed by atoms with van der Waals surface area (Å²) in [6.45, 7) is 3.56. The molecule has 3 unspecified atom stereocenters. The first-order valence-corrected chi connectivity index (χ1v) is 7.76. The average molecular weight is 263 g/mol. The van der Waals surface area contributed by atoms with Crippen LogP contribution < -0.4 is 5.73 Å². The summed E-state index contributed by atoms with van der Waals surface area (Å²) in [6, 6.07) is 0. The molecular formula is C11H21NO4S. The van der Waals surface area contributed by atoms with Gasteiger partial charge in [-0.15, -0.1) is 0 Å². The number of nitrogens with two attached hydrogens (primary N) is 1. The highest BCUT2D eigenvalue weighted by Gasteiger charge is 2.45. The zero-order valence-electron chi connectivity index (χ0n) is 10.2. The third kappa shape index (κ3) is 2.50. The summed E-state index contributed by atoms with van der Waals surface area (Å²) in [5.41, 5.74) is 5.12. The van der Waals surface area contributed by atoms with Gasteiger partial charge < -0.3 is 15.2 Å². The minimum Gasteiger partial charge on any atom is -0.378 e. The standard InChI is InChI=1S/C11H21NO4S/c1-9(7-12)17(13,14)10-2-4-16-11(6-10)3-5-15-8-11/h9-10H,2-8,12H2,1H3. The second-order valence-corrected chi connectivity index (χ2v) is 7.73. The molecule has 2 aliphatic heterocycles. The lowest BCUT2D eigenvalue weighted by molar-refractivity contribution is -0.0778. The van der Waals surface area contributed by atoms with Gasteiger partial charge in [0.1, 0.15) is 0 Å². The van der Waals surface area contributed by atoms with Crippen molar-refractivity contribution >= 4 is 9.84 Å². The van der Waals surface area contributed by atoms with Gasteiger partial charge in [-0.2, -0.15) is 0 Å². The van der Waals surface area contributed by atoms with E-state index in [9.17, 15) is 8.42 Å². The van der Waals surface area contributed by atoms with Crippen LogP contribution in [0.3, 0.4) is 0 Å². The van der Waals surface area contributed by atoms with E-state index in [4.69, 9.17) is 15.2 Å². The molecule has 2 fully saturated rings. The van der Waals surface area contributed by atoms with Crippen LogP contribution >= 0.6 is 0 Å². The topological polar surface area (TPSA) is 78.6 Å². The van der Waals surface area contributed by atoms with Gasteiger partial charge in [-0.25, -0.2) is 8.42 Å². The minimum atomic E-state index is -3.14. The Hall–Kier alpha value is -0.170. The molecule has 17 heavy (non-hydrogen) atoms. The molecule has 2 heterocycles. The van der Waals surface area contributed by atoms with Crippen LogP contribution in [0.25, 0.3) is 0 Å². The highest BCUT2D eigenvalue weighted by Crippen LogP contribution is 2.36. The summed E-state index contributed by atoms with van der Waals surface area (Å²) < 4.78 is 35.6. The molecule has 0 amide bonds. The van der Waals surface area contributed by atoms with Gasteiger partial charge in [0.15, 0.2) is 9.84 Å². The molecule has 0 radical (unpaired) electrons. The zero-order chi connectivity index (χ0) is 12.5. The smallest absolute Gasteiger partial charge is 0.157 e. The Balaban J connectivity index is 2.12. The molecule has 0 bridgehead atoms. The molecular weight excluding hydrogens is 242 g/mol. The van der Waals surface area contributed by atoms with Crippen molar-refractivity contribution < 1.29 is 17.9 Å². The van der Waals surface area contributed by atoms with Crippen molar-refractivity contribution in [1.82, 2.24) is 0 Å². The fourth-order valence-corrected chi connectivity index (χ4v) is 4.48. The van der Waals surface area contributed by atoms with Crippen molar-refractivity contribution in [1.29, 1.82) is 0 Å². The van der Waals surface area contributed by atoms with Crippen molar-refractivity contribution in [2.75, 3.05) is 26.4 Å². The Morgan fingerprint density at radius 1 is 1.47 bits per heavy atom. The predicted octanol–water partition coefficient (Wildman–Crippen LogP) is 0.0865. The van der Waals surface area contributed by atoms with Crippen LogP contribution in [0.5, 0.6) is 0 Å². The summed E-state index contributed by atoms with van der Waals surface area (Å²) >= 11 is 0. The fourth-order valence-electron chi connectivity index (χ4n) is 2.59. The average Bonchev–Trinajstić information content (AvgIpc) is 2.76. The van der Waals surface area contributed by atoms with E-state index in [1.54, 1.807) is 6.92 Å².